The number of nitro groups is 1. The van der Waals surface area contributed by atoms with Crippen LogP contribution in [0.15, 0.2) is 24.7 Å². The Kier molecular flexibility index (Phi) is 2.92. The van der Waals surface area contributed by atoms with E-state index >= 15 is 0 Å². The number of hydrogen-bond donors (Lipinski definition) is 0. The Hall–Kier alpha value is -2.15. The van der Waals surface area contributed by atoms with Crippen LogP contribution in [0.3, 0.4) is 0 Å². The van der Waals surface area contributed by atoms with E-state index in [0.717, 1.165) is 6.20 Å². The molecule has 0 bridgehead atoms. The molecule has 0 aromatic carbocycles. The van der Waals surface area contributed by atoms with Crippen LogP contribution in [0.1, 0.15) is 0 Å². The highest BCUT2D eigenvalue weighted by Crippen LogP contribution is 2.29. The summed E-state index contributed by atoms with van der Waals surface area (Å²) in [5, 5.41) is 14.5. The van der Waals surface area contributed by atoms with E-state index in [1.54, 1.807) is 17.9 Å². The predicted molar refractivity (Wildman–Crippen MR) is 59.2 cm³/mol. The maximum atomic E-state index is 10.5. The van der Waals surface area contributed by atoms with Gasteiger partial charge in [-0.3, -0.25) is 14.8 Å². The van der Waals surface area contributed by atoms with E-state index in [2.05, 4.69) is 10.1 Å². The van der Waals surface area contributed by atoms with Gasteiger partial charge in [0.05, 0.1) is 17.3 Å². The Labute approximate surface area is 101 Å². The lowest BCUT2D eigenvalue weighted by Crippen LogP contribution is -1.92. The van der Waals surface area contributed by atoms with Gasteiger partial charge in [0.1, 0.15) is 11.2 Å². The molecule has 0 aliphatic carbocycles. The van der Waals surface area contributed by atoms with Crippen LogP contribution in [0, 0.1) is 10.1 Å². The molecule has 2 aromatic heterocycles. The first-order chi connectivity index (χ1) is 8.06. The summed E-state index contributed by atoms with van der Waals surface area (Å²) in [5.41, 5.74) is -0.187. The molecule has 0 unspecified atom stereocenters. The zero-order valence-corrected chi connectivity index (χ0v) is 9.46. The molecule has 2 aromatic rings. The zero-order valence-electron chi connectivity index (χ0n) is 8.70. The number of ether oxygens (including phenoxy) is 1. The highest BCUT2D eigenvalue weighted by molar-refractivity contribution is 6.32. The molecule has 0 amide bonds. The van der Waals surface area contributed by atoms with Crippen LogP contribution in [-0.4, -0.2) is 19.7 Å². The number of aromatic nitrogens is 3. The third-order valence-corrected chi connectivity index (χ3v) is 2.17. The molecule has 0 fully saturated rings. The van der Waals surface area contributed by atoms with E-state index in [4.69, 9.17) is 16.3 Å². The molecule has 7 nitrogen and oxygen atoms in total. The molecular formula is C9H7ClN4O3. The maximum absolute atomic E-state index is 10.5. The lowest BCUT2D eigenvalue weighted by atomic mass is 10.4. The molecule has 0 saturated carbocycles. The Balaban J connectivity index is 2.25. The molecule has 0 spiro atoms. The Morgan fingerprint density at radius 3 is 2.82 bits per heavy atom. The molecule has 0 radical (unpaired) electrons. The van der Waals surface area contributed by atoms with Gasteiger partial charge >= 0.3 is 0 Å². The molecular weight excluding hydrogens is 248 g/mol. The minimum Gasteiger partial charge on any atom is -0.434 e. The van der Waals surface area contributed by atoms with Crippen molar-refractivity contribution >= 4 is 17.3 Å². The fraction of sp³-hybridized carbons (Fsp3) is 0.111. The van der Waals surface area contributed by atoms with Gasteiger partial charge in [-0.25, -0.2) is 4.98 Å². The second kappa shape index (κ2) is 4.38. The molecule has 2 heterocycles. The summed E-state index contributed by atoms with van der Waals surface area (Å²) in [7, 11) is 1.73. The molecule has 0 aliphatic heterocycles. The van der Waals surface area contributed by atoms with E-state index in [0.29, 0.717) is 5.75 Å². The quantitative estimate of drug-likeness (QED) is 0.619. The van der Waals surface area contributed by atoms with Gasteiger partial charge in [0.15, 0.2) is 5.75 Å². The van der Waals surface area contributed by atoms with Crippen LogP contribution in [0.25, 0.3) is 0 Å². The Bertz CT molecular complexity index is 569. The molecule has 88 valence electrons. The molecule has 0 N–H and O–H groups in total. The number of halogens is 1. The fourth-order valence-electron chi connectivity index (χ4n) is 1.15. The molecule has 17 heavy (non-hydrogen) atoms. The van der Waals surface area contributed by atoms with Crippen molar-refractivity contribution < 1.29 is 9.66 Å². The fourth-order valence-corrected chi connectivity index (χ4v) is 1.35. The monoisotopic (exact) mass is 254 g/mol. The minimum absolute atomic E-state index is 0.0723. The van der Waals surface area contributed by atoms with Crippen LogP contribution in [0.5, 0.6) is 11.6 Å². The number of rotatable bonds is 3. The zero-order chi connectivity index (χ0) is 12.4. The third kappa shape index (κ3) is 2.51. The summed E-state index contributed by atoms with van der Waals surface area (Å²) in [5.74, 6) is 0.556. The standard InChI is InChI=1S/C9H7ClN4O3/c1-13-5-7(4-12-13)17-9-8(10)2-6(3-11-9)14(15)16/h2-5H,1H3. The van der Waals surface area contributed by atoms with Crippen molar-refractivity contribution in [2.45, 2.75) is 0 Å². The summed E-state index contributed by atoms with van der Waals surface area (Å²) >= 11 is 5.81. The van der Waals surface area contributed by atoms with Gasteiger partial charge < -0.3 is 4.74 Å². The van der Waals surface area contributed by atoms with E-state index in [1.165, 1.54) is 12.3 Å². The predicted octanol–water partition coefficient (Wildman–Crippen LogP) is 2.17. The van der Waals surface area contributed by atoms with Crippen molar-refractivity contribution in [1.82, 2.24) is 14.8 Å². The first-order valence-electron chi connectivity index (χ1n) is 4.52. The molecule has 0 aliphatic rings. The number of nitrogens with zero attached hydrogens (tertiary/aromatic N) is 4. The van der Waals surface area contributed by atoms with Gasteiger partial charge in [-0.15, -0.1) is 0 Å². The average molecular weight is 255 g/mol. The van der Waals surface area contributed by atoms with Gasteiger partial charge in [0, 0.05) is 13.1 Å². The smallest absolute Gasteiger partial charge is 0.289 e. The average Bonchev–Trinajstić information content (AvgIpc) is 2.67. The van der Waals surface area contributed by atoms with Crippen LogP contribution in [0.2, 0.25) is 5.02 Å². The summed E-state index contributed by atoms with van der Waals surface area (Å²) in [6.07, 6.45) is 4.19. The van der Waals surface area contributed by atoms with Gasteiger partial charge in [-0.05, 0) is 0 Å². The highest BCUT2D eigenvalue weighted by atomic mass is 35.5. The minimum atomic E-state index is -0.577. The summed E-state index contributed by atoms with van der Waals surface area (Å²) in [4.78, 5) is 13.7. The van der Waals surface area contributed by atoms with E-state index in [9.17, 15) is 10.1 Å². The van der Waals surface area contributed by atoms with Gasteiger partial charge in [-0.1, -0.05) is 11.6 Å². The first kappa shape index (κ1) is 11.3. The topological polar surface area (TPSA) is 83.1 Å². The lowest BCUT2D eigenvalue weighted by Gasteiger charge is -2.02. The maximum Gasteiger partial charge on any atom is 0.289 e. The van der Waals surface area contributed by atoms with E-state index < -0.39 is 4.92 Å². The van der Waals surface area contributed by atoms with Gasteiger partial charge in [0.25, 0.3) is 5.69 Å². The van der Waals surface area contributed by atoms with Crippen molar-refractivity contribution in [3.8, 4) is 11.6 Å². The molecule has 0 atom stereocenters. The second-order valence-corrected chi connectivity index (χ2v) is 3.60. The Morgan fingerprint density at radius 1 is 1.53 bits per heavy atom. The number of hydrogen-bond acceptors (Lipinski definition) is 5. The molecule has 2 rings (SSSR count). The van der Waals surface area contributed by atoms with Crippen molar-refractivity contribution in [1.29, 1.82) is 0 Å². The van der Waals surface area contributed by atoms with Crippen molar-refractivity contribution in [2.75, 3.05) is 0 Å². The summed E-state index contributed by atoms with van der Waals surface area (Å²) in [6, 6.07) is 1.18. The first-order valence-corrected chi connectivity index (χ1v) is 4.90. The SMILES string of the molecule is Cn1cc(Oc2ncc([N+](=O)[O-])cc2Cl)cn1. The van der Waals surface area contributed by atoms with Crippen LogP contribution >= 0.6 is 11.6 Å². The molecule has 0 saturated heterocycles. The van der Waals surface area contributed by atoms with E-state index in [-0.39, 0.29) is 16.6 Å². The van der Waals surface area contributed by atoms with Crippen LogP contribution in [-0.2, 0) is 7.05 Å². The summed E-state index contributed by atoms with van der Waals surface area (Å²) < 4.78 is 6.87. The van der Waals surface area contributed by atoms with E-state index in [1.807, 2.05) is 0 Å². The Morgan fingerprint density at radius 2 is 2.29 bits per heavy atom. The highest BCUT2D eigenvalue weighted by Gasteiger charge is 2.12. The number of pyridine rings is 1. The van der Waals surface area contributed by atoms with Crippen molar-refractivity contribution in [3.63, 3.8) is 0 Å². The largest absolute Gasteiger partial charge is 0.434 e. The van der Waals surface area contributed by atoms with Gasteiger partial charge in [-0.2, -0.15) is 5.10 Å². The van der Waals surface area contributed by atoms with Crippen molar-refractivity contribution in [3.05, 3.63) is 39.8 Å². The lowest BCUT2D eigenvalue weighted by molar-refractivity contribution is -0.385. The van der Waals surface area contributed by atoms with Crippen molar-refractivity contribution in [2.24, 2.45) is 7.05 Å². The van der Waals surface area contributed by atoms with Crippen LogP contribution in [0.4, 0.5) is 5.69 Å². The number of aryl methyl sites for hydroxylation is 1. The normalized spacial score (nSPS) is 10.2. The second-order valence-electron chi connectivity index (χ2n) is 3.19. The van der Waals surface area contributed by atoms with Crippen LogP contribution < -0.4 is 4.74 Å². The third-order valence-electron chi connectivity index (χ3n) is 1.90. The van der Waals surface area contributed by atoms with Gasteiger partial charge in [0.2, 0.25) is 5.88 Å². The summed E-state index contributed by atoms with van der Waals surface area (Å²) in [6.45, 7) is 0. The molecule has 8 heteroatoms.